The maximum absolute atomic E-state index is 12.0. The van der Waals surface area contributed by atoms with E-state index in [4.69, 9.17) is 0 Å². The maximum Gasteiger partial charge on any atom is 0.251 e. The highest BCUT2D eigenvalue weighted by atomic mass is 32.2. The summed E-state index contributed by atoms with van der Waals surface area (Å²) in [5, 5.41) is 2.78. The van der Waals surface area contributed by atoms with Gasteiger partial charge in [0, 0.05) is 16.5 Å². The highest BCUT2D eigenvalue weighted by Gasteiger charge is 2.18. The molecule has 118 valence electrons. The molecule has 0 fully saturated rings. The van der Waals surface area contributed by atoms with Crippen molar-refractivity contribution in [1.82, 2.24) is 10.0 Å². The number of rotatable bonds is 6. The average Bonchev–Trinajstić information content (AvgIpc) is 2.94. The highest BCUT2D eigenvalue weighted by Crippen LogP contribution is 2.21. The lowest BCUT2D eigenvalue weighted by Gasteiger charge is -2.07. The van der Waals surface area contributed by atoms with Crippen molar-refractivity contribution in [3.8, 4) is 0 Å². The summed E-state index contributed by atoms with van der Waals surface area (Å²) >= 11 is 1.15. The van der Waals surface area contributed by atoms with E-state index in [1.807, 2.05) is 6.07 Å². The third kappa shape index (κ3) is 4.40. The summed E-state index contributed by atoms with van der Waals surface area (Å²) in [7, 11) is -3.47. The molecule has 7 heteroatoms. The van der Waals surface area contributed by atoms with Gasteiger partial charge in [-0.3, -0.25) is 4.79 Å². The van der Waals surface area contributed by atoms with E-state index in [1.54, 1.807) is 50.2 Å². The Hall–Kier alpha value is -1.70. The Bertz CT molecular complexity index is 737. The van der Waals surface area contributed by atoms with Gasteiger partial charge in [-0.05, 0) is 38.1 Å². The molecular weight excluding hydrogens is 320 g/mol. The molecule has 0 aliphatic heterocycles. The van der Waals surface area contributed by atoms with Crippen molar-refractivity contribution in [3.05, 3.63) is 52.9 Å². The van der Waals surface area contributed by atoms with E-state index < -0.39 is 10.0 Å². The van der Waals surface area contributed by atoms with Gasteiger partial charge in [0.1, 0.15) is 4.21 Å². The third-order valence-corrected chi connectivity index (χ3v) is 5.99. The molecule has 22 heavy (non-hydrogen) atoms. The standard InChI is InChI=1S/C15H18N2O3S2/c1-11(2)17-22(19,20)14-9-8-13(21-14)10-16-15(18)12-6-4-3-5-7-12/h3-9,11,17H,10H2,1-2H3,(H,16,18). The molecule has 5 nitrogen and oxygen atoms in total. The summed E-state index contributed by atoms with van der Waals surface area (Å²) in [4.78, 5) is 12.7. The Labute approximate surface area is 134 Å². The van der Waals surface area contributed by atoms with Crippen LogP contribution in [0.1, 0.15) is 29.1 Å². The number of carbonyl (C=O) groups excluding carboxylic acids is 1. The largest absolute Gasteiger partial charge is 0.347 e. The average molecular weight is 338 g/mol. The van der Waals surface area contributed by atoms with Crippen LogP contribution in [0.3, 0.4) is 0 Å². The molecule has 1 heterocycles. The lowest BCUT2D eigenvalue weighted by molar-refractivity contribution is 0.0951. The van der Waals surface area contributed by atoms with Crippen LogP contribution in [0.15, 0.2) is 46.7 Å². The highest BCUT2D eigenvalue weighted by molar-refractivity contribution is 7.91. The molecule has 0 spiro atoms. The molecular formula is C15H18N2O3S2. The van der Waals surface area contributed by atoms with E-state index in [2.05, 4.69) is 10.0 Å². The minimum Gasteiger partial charge on any atom is -0.347 e. The van der Waals surface area contributed by atoms with Crippen molar-refractivity contribution in [3.63, 3.8) is 0 Å². The first-order valence-corrected chi connectivity index (χ1v) is 9.13. The normalized spacial score (nSPS) is 11.6. The van der Waals surface area contributed by atoms with Crippen molar-refractivity contribution in [2.24, 2.45) is 0 Å². The minimum atomic E-state index is -3.47. The van der Waals surface area contributed by atoms with Crippen LogP contribution in [0.25, 0.3) is 0 Å². The minimum absolute atomic E-state index is 0.159. The molecule has 0 saturated heterocycles. The number of carbonyl (C=O) groups is 1. The number of nitrogens with one attached hydrogen (secondary N) is 2. The fourth-order valence-corrected chi connectivity index (χ4v) is 4.39. The Kier molecular flexibility index (Phi) is 5.33. The Morgan fingerprint density at radius 3 is 2.45 bits per heavy atom. The number of sulfonamides is 1. The Morgan fingerprint density at radius 1 is 1.14 bits per heavy atom. The van der Waals surface area contributed by atoms with E-state index >= 15 is 0 Å². The van der Waals surface area contributed by atoms with Gasteiger partial charge < -0.3 is 5.32 Å². The van der Waals surface area contributed by atoms with Gasteiger partial charge in [-0.25, -0.2) is 13.1 Å². The summed E-state index contributed by atoms with van der Waals surface area (Å²) in [5.41, 5.74) is 0.577. The fourth-order valence-electron chi connectivity index (χ4n) is 1.83. The predicted octanol–water partition coefficient (Wildman–Crippen LogP) is 2.36. The van der Waals surface area contributed by atoms with Gasteiger partial charge in [0.05, 0.1) is 6.54 Å². The van der Waals surface area contributed by atoms with Gasteiger partial charge in [-0.1, -0.05) is 18.2 Å². The van der Waals surface area contributed by atoms with E-state index in [0.717, 1.165) is 16.2 Å². The predicted molar refractivity (Wildman–Crippen MR) is 87.4 cm³/mol. The lowest BCUT2D eigenvalue weighted by atomic mass is 10.2. The second-order valence-electron chi connectivity index (χ2n) is 5.05. The van der Waals surface area contributed by atoms with Crippen LogP contribution >= 0.6 is 11.3 Å². The smallest absolute Gasteiger partial charge is 0.251 e. The summed E-state index contributed by atoms with van der Waals surface area (Å²) in [5.74, 6) is -0.182. The molecule has 0 unspecified atom stereocenters. The molecule has 0 atom stereocenters. The number of hydrogen-bond acceptors (Lipinski definition) is 4. The van der Waals surface area contributed by atoms with E-state index in [9.17, 15) is 13.2 Å². The van der Waals surface area contributed by atoms with E-state index in [1.165, 1.54) is 0 Å². The third-order valence-electron chi connectivity index (χ3n) is 2.75. The van der Waals surface area contributed by atoms with Gasteiger partial charge in [0.25, 0.3) is 5.91 Å². The zero-order chi connectivity index (χ0) is 16.2. The van der Waals surface area contributed by atoms with Crippen LogP contribution < -0.4 is 10.0 Å². The van der Waals surface area contributed by atoms with E-state index in [0.29, 0.717) is 12.1 Å². The molecule has 1 aromatic heterocycles. The molecule has 1 amide bonds. The van der Waals surface area contributed by atoms with Crippen molar-refractivity contribution in [2.75, 3.05) is 0 Å². The fraction of sp³-hybridized carbons (Fsp3) is 0.267. The van der Waals surface area contributed by atoms with Gasteiger partial charge >= 0.3 is 0 Å². The van der Waals surface area contributed by atoms with Crippen molar-refractivity contribution in [1.29, 1.82) is 0 Å². The first-order chi connectivity index (χ1) is 10.4. The zero-order valence-corrected chi connectivity index (χ0v) is 14.0. The maximum atomic E-state index is 12.0. The monoisotopic (exact) mass is 338 g/mol. The second kappa shape index (κ2) is 7.04. The van der Waals surface area contributed by atoms with Gasteiger partial charge in [-0.15, -0.1) is 11.3 Å². The molecule has 0 bridgehead atoms. The van der Waals surface area contributed by atoms with E-state index in [-0.39, 0.29) is 16.2 Å². The zero-order valence-electron chi connectivity index (χ0n) is 12.4. The van der Waals surface area contributed by atoms with Gasteiger partial charge in [0.2, 0.25) is 10.0 Å². The summed E-state index contributed by atoms with van der Waals surface area (Å²) < 4.78 is 26.8. The summed E-state index contributed by atoms with van der Waals surface area (Å²) in [6.07, 6.45) is 0. The van der Waals surface area contributed by atoms with Crippen LogP contribution in [0.4, 0.5) is 0 Å². The SMILES string of the molecule is CC(C)NS(=O)(=O)c1ccc(CNC(=O)c2ccccc2)s1. The lowest BCUT2D eigenvalue weighted by Crippen LogP contribution is -2.29. The first kappa shape index (κ1) is 16.7. The summed E-state index contributed by atoms with van der Waals surface area (Å²) in [6, 6.07) is 12.0. The van der Waals surface area contributed by atoms with Crippen molar-refractivity contribution >= 4 is 27.3 Å². The van der Waals surface area contributed by atoms with Crippen LogP contribution in [0.2, 0.25) is 0 Å². The molecule has 2 rings (SSSR count). The Balaban J connectivity index is 2.00. The van der Waals surface area contributed by atoms with Crippen molar-refractivity contribution in [2.45, 2.75) is 30.6 Å². The van der Waals surface area contributed by atoms with Crippen molar-refractivity contribution < 1.29 is 13.2 Å². The first-order valence-electron chi connectivity index (χ1n) is 6.83. The van der Waals surface area contributed by atoms with Gasteiger partial charge in [0.15, 0.2) is 0 Å². The molecule has 2 aromatic rings. The number of amides is 1. The second-order valence-corrected chi connectivity index (χ2v) is 8.15. The number of thiophene rings is 1. The van der Waals surface area contributed by atoms with Gasteiger partial charge in [-0.2, -0.15) is 0 Å². The number of benzene rings is 1. The van der Waals surface area contributed by atoms with Crippen LogP contribution in [0, 0.1) is 0 Å². The summed E-state index contributed by atoms with van der Waals surface area (Å²) in [6.45, 7) is 3.84. The molecule has 0 saturated carbocycles. The Morgan fingerprint density at radius 2 is 1.82 bits per heavy atom. The van der Waals surface area contributed by atoms with Crippen LogP contribution in [0.5, 0.6) is 0 Å². The molecule has 0 aliphatic carbocycles. The quantitative estimate of drug-likeness (QED) is 0.849. The molecule has 1 aromatic carbocycles. The molecule has 0 aliphatic rings. The molecule has 0 radical (unpaired) electrons. The van der Waals surface area contributed by atoms with Crippen LogP contribution in [-0.2, 0) is 16.6 Å². The number of hydrogen-bond donors (Lipinski definition) is 2. The molecule has 2 N–H and O–H groups in total. The van der Waals surface area contributed by atoms with Crippen LogP contribution in [-0.4, -0.2) is 20.4 Å². The topological polar surface area (TPSA) is 75.3 Å².